The molecule has 0 saturated carbocycles. The minimum Gasteiger partial charge on any atom is -0.297 e. The van der Waals surface area contributed by atoms with Crippen LogP contribution in [0.25, 0.3) is 0 Å². The molecule has 2 rings (SSSR count). The molecule has 1 fully saturated rings. The third kappa shape index (κ3) is 3.15. The lowest BCUT2D eigenvalue weighted by Crippen LogP contribution is -2.53. The highest BCUT2D eigenvalue weighted by molar-refractivity contribution is 9.10. The number of nitrogens with zero attached hydrogens (tertiary/aromatic N) is 1. The Bertz CT molecular complexity index is 445. The monoisotopic (exact) mass is 337 g/mol. The Morgan fingerprint density at radius 3 is 2.20 bits per heavy atom. The van der Waals surface area contributed by atoms with Crippen molar-refractivity contribution in [2.24, 2.45) is 0 Å². The van der Waals surface area contributed by atoms with Gasteiger partial charge in [0.25, 0.3) is 0 Å². The first-order valence-corrected chi connectivity index (χ1v) is 8.44. The Kier molecular flexibility index (Phi) is 5.39. The van der Waals surface area contributed by atoms with Crippen molar-refractivity contribution < 1.29 is 4.79 Å². The molecule has 110 valence electrons. The molecule has 0 aliphatic carbocycles. The second-order valence-electron chi connectivity index (χ2n) is 5.66. The maximum atomic E-state index is 12.9. The van der Waals surface area contributed by atoms with Crippen LogP contribution in [0, 0.1) is 0 Å². The molecule has 0 amide bonds. The summed E-state index contributed by atoms with van der Waals surface area (Å²) in [7, 11) is 0. The molecule has 0 unspecified atom stereocenters. The molecule has 1 heterocycles. The standard InChI is InChI=1S/C17H24BrNO/c1-3-17(4-2,19-11-5-6-12-19)16(20)13-14-7-9-15(18)10-8-14/h7-10H,3-6,11-13H2,1-2H3. The van der Waals surface area contributed by atoms with Crippen LogP contribution in [0.5, 0.6) is 0 Å². The van der Waals surface area contributed by atoms with Gasteiger partial charge in [0.05, 0.1) is 5.54 Å². The van der Waals surface area contributed by atoms with E-state index in [1.165, 1.54) is 12.8 Å². The van der Waals surface area contributed by atoms with Crippen molar-refractivity contribution in [1.82, 2.24) is 4.90 Å². The highest BCUT2D eigenvalue weighted by Gasteiger charge is 2.41. The molecule has 1 aromatic carbocycles. The SMILES string of the molecule is CCC(CC)(C(=O)Cc1ccc(Br)cc1)N1CCCC1. The predicted molar refractivity (Wildman–Crippen MR) is 87.0 cm³/mol. The Balaban J connectivity index is 2.16. The largest absolute Gasteiger partial charge is 0.297 e. The lowest BCUT2D eigenvalue weighted by atomic mass is 9.83. The molecule has 0 aromatic heterocycles. The smallest absolute Gasteiger partial charge is 0.157 e. The van der Waals surface area contributed by atoms with Gasteiger partial charge in [-0.2, -0.15) is 0 Å². The molecule has 1 aliphatic rings. The van der Waals surface area contributed by atoms with Crippen LogP contribution in [0.2, 0.25) is 0 Å². The van der Waals surface area contributed by atoms with Crippen molar-refractivity contribution >= 4 is 21.7 Å². The maximum absolute atomic E-state index is 12.9. The van der Waals surface area contributed by atoms with Crippen LogP contribution in [-0.2, 0) is 11.2 Å². The first kappa shape index (κ1) is 15.7. The van der Waals surface area contributed by atoms with Crippen molar-refractivity contribution in [2.75, 3.05) is 13.1 Å². The average Bonchev–Trinajstić information content (AvgIpc) is 2.98. The molecule has 1 aromatic rings. The number of halogens is 1. The van der Waals surface area contributed by atoms with Crippen molar-refractivity contribution in [2.45, 2.75) is 51.5 Å². The minimum absolute atomic E-state index is 0.246. The fourth-order valence-electron chi connectivity index (χ4n) is 3.37. The molecule has 2 nitrogen and oxygen atoms in total. The highest BCUT2D eigenvalue weighted by atomic mass is 79.9. The summed E-state index contributed by atoms with van der Waals surface area (Å²) in [6, 6.07) is 8.11. The molecule has 0 bridgehead atoms. The zero-order valence-electron chi connectivity index (χ0n) is 12.5. The summed E-state index contributed by atoms with van der Waals surface area (Å²) in [5, 5.41) is 0. The van der Waals surface area contributed by atoms with E-state index < -0.39 is 0 Å². The Morgan fingerprint density at radius 2 is 1.70 bits per heavy atom. The Labute approximate surface area is 130 Å². The predicted octanol–water partition coefficient (Wildman–Crippen LogP) is 4.22. The third-order valence-corrected chi connectivity index (χ3v) is 5.21. The topological polar surface area (TPSA) is 20.3 Å². The summed E-state index contributed by atoms with van der Waals surface area (Å²) in [6.07, 6.45) is 4.84. The van der Waals surface area contributed by atoms with Gasteiger partial charge in [0.2, 0.25) is 0 Å². The molecule has 0 spiro atoms. The molecule has 1 saturated heterocycles. The van der Waals surface area contributed by atoms with Gasteiger partial charge < -0.3 is 0 Å². The van der Waals surface area contributed by atoms with E-state index >= 15 is 0 Å². The van der Waals surface area contributed by atoms with Gasteiger partial charge in [-0.05, 0) is 56.5 Å². The van der Waals surface area contributed by atoms with Gasteiger partial charge in [0.1, 0.15) is 0 Å². The van der Waals surface area contributed by atoms with Crippen molar-refractivity contribution in [3.63, 3.8) is 0 Å². The fourth-order valence-corrected chi connectivity index (χ4v) is 3.63. The normalized spacial score (nSPS) is 16.6. The van der Waals surface area contributed by atoms with Crippen LogP contribution in [-0.4, -0.2) is 29.3 Å². The second kappa shape index (κ2) is 6.86. The van der Waals surface area contributed by atoms with E-state index in [1.807, 2.05) is 24.3 Å². The van der Waals surface area contributed by atoms with Crippen LogP contribution >= 0.6 is 15.9 Å². The number of ketones is 1. The number of Topliss-reactive ketones (excluding diaryl/α,β-unsaturated/α-hetero) is 1. The maximum Gasteiger partial charge on any atom is 0.157 e. The van der Waals surface area contributed by atoms with Crippen molar-refractivity contribution in [3.8, 4) is 0 Å². The lowest BCUT2D eigenvalue weighted by molar-refractivity contribution is -0.130. The molecule has 20 heavy (non-hydrogen) atoms. The number of carbonyl (C=O) groups excluding carboxylic acids is 1. The van der Waals surface area contributed by atoms with E-state index in [0.717, 1.165) is 36.0 Å². The van der Waals surface area contributed by atoms with Crippen LogP contribution < -0.4 is 0 Å². The molecule has 0 N–H and O–H groups in total. The number of rotatable bonds is 6. The fraction of sp³-hybridized carbons (Fsp3) is 0.588. The number of likely N-dealkylation sites (tertiary alicyclic amines) is 1. The number of benzene rings is 1. The zero-order chi connectivity index (χ0) is 14.6. The first-order valence-electron chi connectivity index (χ1n) is 7.65. The van der Waals surface area contributed by atoms with Crippen LogP contribution in [0.1, 0.15) is 45.1 Å². The van der Waals surface area contributed by atoms with Gasteiger partial charge in [0, 0.05) is 10.9 Å². The van der Waals surface area contributed by atoms with Gasteiger partial charge in [-0.1, -0.05) is 41.9 Å². The van der Waals surface area contributed by atoms with Gasteiger partial charge in [0.15, 0.2) is 5.78 Å². The van der Waals surface area contributed by atoms with Gasteiger partial charge in [-0.15, -0.1) is 0 Å². The molecule has 3 heteroatoms. The summed E-state index contributed by atoms with van der Waals surface area (Å²) < 4.78 is 1.06. The van der Waals surface area contributed by atoms with Gasteiger partial charge in [-0.25, -0.2) is 0 Å². The first-order chi connectivity index (χ1) is 9.62. The highest BCUT2D eigenvalue weighted by Crippen LogP contribution is 2.30. The second-order valence-corrected chi connectivity index (χ2v) is 6.57. The van der Waals surface area contributed by atoms with E-state index in [-0.39, 0.29) is 5.54 Å². The van der Waals surface area contributed by atoms with E-state index in [9.17, 15) is 4.79 Å². The van der Waals surface area contributed by atoms with Gasteiger partial charge in [-0.3, -0.25) is 9.69 Å². The Hall–Kier alpha value is -0.670. The molecule has 0 radical (unpaired) electrons. The lowest BCUT2D eigenvalue weighted by Gasteiger charge is -2.39. The van der Waals surface area contributed by atoms with E-state index in [4.69, 9.17) is 0 Å². The Morgan fingerprint density at radius 1 is 1.15 bits per heavy atom. The van der Waals surface area contributed by atoms with Gasteiger partial charge >= 0.3 is 0 Å². The average molecular weight is 338 g/mol. The van der Waals surface area contributed by atoms with E-state index in [0.29, 0.717) is 12.2 Å². The molecular formula is C17H24BrNO. The summed E-state index contributed by atoms with van der Waals surface area (Å²) in [5.41, 5.74) is 0.868. The van der Waals surface area contributed by atoms with E-state index in [1.54, 1.807) is 0 Å². The molecular weight excluding hydrogens is 314 g/mol. The minimum atomic E-state index is -0.246. The number of hydrogen-bond donors (Lipinski definition) is 0. The number of hydrogen-bond acceptors (Lipinski definition) is 2. The summed E-state index contributed by atoms with van der Waals surface area (Å²) in [5.74, 6) is 0.381. The molecule has 0 atom stereocenters. The van der Waals surface area contributed by atoms with Crippen LogP contribution in [0.4, 0.5) is 0 Å². The van der Waals surface area contributed by atoms with Crippen LogP contribution in [0.3, 0.4) is 0 Å². The molecule has 1 aliphatic heterocycles. The summed E-state index contributed by atoms with van der Waals surface area (Å²) in [6.45, 7) is 6.46. The summed E-state index contributed by atoms with van der Waals surface area (Å²) >= 11 is 3.44. The summed E-state index contributed by atoms with van der Waals surface area (Å²) in [4.78, 5) is 15.3. The quantitative estimate of drug-likeness (QED) is 0.774. The zero-order valence-corrected chi connectivity index (χ0v) is 14.1. The van der Waals surface area contributed by atoms with Crippen molar-refractivity contribution in [3.05, 3.63) is 34.3 Å². The number of carbonyl (C=O) groups is 1. The third-order valence-electron chi connectivity index (χ3n) is 4.68. The van der Waals surface area contributed by atoms with Crippen molar-refractivity contribution in [1.29, 1.82) is 0 Å². The van der Waals surface area contributed by atoms with E-state index in [2.05, 4.69) is 34.7 Å². The van der Waals surface area contributed by atoms with Crippen LogP contribution in [0.15, 0.2) is 28.7 Å².